The molecule has 0 fully saturated rings. The largest absolute Gasteiger partial charge is 0.497 e. The molecule has 0 amide bonds. The second-order valence-electron chi connectivity index (χ2n) is 3.01. The molecule has 3 nitrogen and oxygen atoms in total. The van der Waals surface area contributed by atoms with Gasteiger partial charge in [-0.3, -0.25) is 0 Å². The number of ether oxygens (including phenoxy) is 1. The zero-order chi connectivity index (χ0) is 11.4. The van der Waals surface area contributed by atoms with Gasteiger partial charge in [0.1, 0.15) is 5.75 Å². The van der Waals surface area contributed by atoms with Crippen molar-refractivity contribution in [3.05, 3.63) is 34.7 Å². The van der Waals surface area contributed by atoms with Gasteiger partial charge >= 0.3 is 5.97 Å². The number of carboxylic acids is 1. The first-order valence-electron chi connectivity index (χ1n) is 4.34. The lowest BCUT2D eigenvalue weighted by Crippen LogP contribution is -1.97. The fourth-order valence-electron chi connectivity index (χ4n) is 1.14. The van der Waals surface area contributed by atoms with Crippen LogP contribution >= 0.6 is 12.6 Å². The number of allylic oxidation sites excluding steroid dienone is 1. The molecule has 0 aliphatic heterocycles. The van der Waals surface area contributed by atoms with Gasteiger partial charge in [0.05, 0.1) is 12.0 Å². The summed E-state index contributed by atoms with van der Waals surface area (Å²) in [4.78, 5) is 10.7. The summed E-state index contributed by atoms with van der Waals surface area (Å²) in [5.41, 5.74) is 1.46. The molecule has 80 valence electrons. The molecule has 15 heavy (non-hydrogen) atoms. The van der Waals surface area contributed by atoms with E-state index in [0.717, 1.165) is 11.3 Å². The summed E-state index contributed by atoms with van der Waals surface area (Å²) < 4.78 is 5.01. The lowest BCUT2D eigenvalue weighted by molar-refractivity contribution is -0.131. The van der Waals surface area contributed by atoms with Crippen LogP contribution in [0.15, 0.2) is 29.2 Å². The summed E-state index contributed by atoms with van der Waals surface area (Å²) in [6, 6.07) is 7.16. The van der Waals surface area contributed by atoms with Crippen molar-refractivity contribution in [1.29, 1.82) is 0 Å². The number of carbonyl (C=O) groups is 1. The lowest BCUT2D eigenvalue weighted by Gasteiger charge is -2.05. The summed E-state index contributed by atoms with van der Waals surface area (Å²) in [7, 11) is 1.58. The van der Waals surface area contributed by atoms with Crippen molar-refractivity contribution in [2.75, 3.05) is 7.11 Å². The van der Waals surface area contributed by atoms with Gasteiger partial charge in [0.15, 0.2) is 0 Å². The van der Waals surface area contributed by atoms with Crippen molar-refractivity contribution in [2.24, 2.45) is 0 Å². The van der Waals surface area contributed by atoms with Crippen molar-refractivity contribution in [2.45, 2.75) is 6.92 Å². The van der Waals surface area contributed by atoms with Gasteiger partial charge in [-0.2, -0.15) is 0 Å². The van der Waals surface area contributed by atoms with E-state index in [1.54, 1.807) is 38.3 Å². The van der Waals surface area contributed by atoms with Crippen LogP contribution < -0.4 is 4.74 Å². The Hall–Kier alpha value is -1.42. The van der Waals surface area contributed by atoms with E-state index in [1.807, 2.05) is 0 Å². The topological polar surface area (TPSA) is 46.5 Å². The molecule has 0 aliphatic rings. The van der Waals surface area contributed by atoms with Crippen LogP contribution in [0.4, 0.5) is 0 Å². The van der Waals surface area contributed by atoms with Crippen molar-refractivity contribution in [3.63, 3.8) is 0 Å². The molecule has 1 N–H and O–H groups in total. The summed E-state index contributed by atoms with van der Waals surface area (Å²) in [5.74, 6) is -0.283. The molecule has 0 atom stereocenters. The van der Waals surface area contributed by atoms with Crippen LogP contribution in [0, 0.1) is 0 Å². The molecule has 0 aliphatic carbocycles. The van der Waals surface area contributed by atoms with Crippen LogP contribution in [-0.2, 0) is 4.79 Å². The van der Waals surface area contributed by atoms with E-state index in [4.69, 9.17) is 9.84 Å². The molecule has 0 saturated heterocycles. The van der Waals surface area contributed by atoms with Crippen LogP contribution in [0.2, 0.25) is 0 Å². The molecule has 0 radical (unpaired) electrons. The zero-order valence-corrected chi connectivity index (χ0v) is 9.41. The minimum atomic E-state index is -1.02. The highest BCUT2D eigenvalue weighted by molar-refractivity contribution is 7.85. The Morgan fingerprint density at radius 1 is 1.33 bits per heavy atom. The van der Waals surface area contributed by atoms with Gasteiger partial charge in [-0.25, -0.2) is 4.79 Å². The van der Waals surface area contributed by atoms with E-state index in [2.05, 4.69) is 12.6 Å². The fourth-order valence-corrected chi connectivity index (χ4v) is 1.27. The van der Waals surface area contributed by atoms with E-state index in [1.165, 1.54) is 0 Å². The highest BCUT2D eigenvalue weighted by Crippen LogP contribution is 2.22. The van der Waals surface area contributed by atoms with Crippen LogP contribution in [0.3, 0.4) is 0 Å². The number of rotatable bonds is 3. The van der Waals surface area contributed by atoms with Gasteiger partial charge in [0, 0.05) is 0 Å². The summed E-state index contributed by atoms with van der Waals surface area (Å²) in [6.07, 6.45) is 0. The first-order chi connectivity index (χ1) is 7.06. The SMILES string of the molecule is COc1ccc(/C(C)=C(\S)C(=O)O)cc1. The second-order valence-corrected chi connectivity index (χ2v) is 3.45. The fraction of sp³-hybridized carbons (Fsp3) is 0.182. The molecule has 0 unspecified atom stereocenters. The van der Waals surface area contributed by atoms with Crippen molar-refractivity contribution < 1.29 is 14.6 Å². The number of aliphatic carboxylic acids is 1. The summed E-state index contributed by atoms with van der Waals surface area (Å²) in [6.45, 7) is 1.72. The maximum Gasteiger partial charge on any atom is 0.342 e. The second kappa shape index (κ2) is 4.89. The zero-order valence-electron chi connectivity index (χ0n) is 8.52. The highest BCUT2D eigenvalue weighted by Gasteiger charge is 2.07. The molecular formula is C11H12O3S. The van der Waals surface area contributed by atoms with Crippen LogP contribution in [0.1, 0.15) is 12.5 Å². The molecule has 1 aromatic rings. The smallest absolute Gasteiger partial charge is 0.342 e. The third kappa shape index (κ3) is 2.76. The Morgan fingerprint density at radius 3 is 2.27 bits per heavy atom. The minimum Gasteiger partial charge on any atom is -0.497 e. The predicted octanol–water partition coefficient (Wildman–Crippen LogP) is 2.44. The molecule has 0 saturated carbocycles. The van der Waals surface area contributed by atoms with E-state index in [-0.39, 0.29) is 4.91 Å². The van der Waals surface area contributed by atoms with Crippen LogP contribution in [-0.4, -0.2) is 18.2 Å². The molecule has 0 bridgehead atoms. The molecule has 0 aromatic heterocycles. The minimum absolute atomic E-state index is 0.0557. The average Bonchev–Trinajstić information content (AvgIpc) is 2.27. The Morgan fingerprint density at radius 2 is 1.87 bits per heavy atom. The van der Waals surface area contributed by atoms with Crippen molar-refractivity contribution >= 4 is 24.2 Å². The molecule has 1 rings (SSSR count). The number of thiol groups is 1. The third-order valence-corrected chi connectivity index (χ3v) is 2.61. The Kier molecular flexibility index (Phi) is 3.80. The molecule has 0 heterocycles. The van der Waals surface area contributed by atoms with Crippen LogP contribution in [0.5, 0.6) is 5.75 Å². The number of carboxylic acid groups (broad SMARTS) is 1. The molecule has 4 heteroatoms. The van der Waals surface area contributed by atoms with E-state index < -0.39 is 5.97 Å². The quantitative estimate of drug-likeness (QED) is 0.612. The molecular weight excluding hydrogens is 212 g/mol. The monoisotopic (exact) mass is 224 g/mol. The van der Waals surface area contributed by atoms with Gasteiger partial charge in [-0.15, -0.1) is 12.6 Å². The standard InChI is InChI=1S/C11H12O3S/c1-7(10(15)11(12)13)8-3-5-9(14-2)6-4-8/h3-6,15H,1-2H3,(H,12,13)/b10-7-. The maximum atomic E-state index is 10.7. The maximum absolute atomic E-state index is 10.7. The van der Waals surface area contributed by atoms with E-state index in [9.17, 15) is 4.79 Å². The predicted molar refractivity (Wildman–Crippen MR) is 62.2 cm³/mol. The number of hydrogen-bond donors (Lipinski definition) is 2. The Bertz CT molecular complexity index is 393. The number of methoxy groups -OCH3 is 1. The summed E-state index contributed by atoms with van der Waals surface area (Å²) >= 11 is 3.93. The Labute approximate surface area is 93.8 Å². The van der Waals surface area contributed by atoms with Gasteiger partial charge in [-0.05, 0) is 30.2 Å². The normalized spacial score (nSPS) is 11.9. The van der Waals surface area contributed by atoms with Gasteiger partial charge < -0.3 is 9.84 Å². The van der Waals surface area contributed by atoms with Gasteiger partial charge in [0.25, 0.3) is 0 Å². The van der Waals surface area contributed by atoms with E-state index >= 15 is 0 Å². The lowest BCUT2D eigenvalue weighted by atomic mass is 10.1. The van der Waals surface area contributed by atoms with Gasteiger partial charge in [0.2, 0.25) is 0 Å². The van der Waals surface area contributed by atoms with Crippen molar-refractivity contribution in [3.8, 4) is 5.75 Å². The van der Waals surface area contributed by atoms with Gasteiger partial charge in [-0.1, -0.05) is 12.1 Å². The first kappa shape index (κ1) is 11.7. The Balaban J connectivity index is 3.07. The molecule has 0 spiro atoms. The van der Waals surface area contributed by atoms with E-state index in [0.29, 0.717) is 5.57 Å². The van der Waals surface area contributed by atoms with Crippen LogP contribution in [0.25, 0.3) is 5.57 Å². The third-order valence-electron chi connectivity index (χ3n) is 2.08. The highest BCUT2D eigenvalue weighted by atomic mass is 32.1. The first-order valence-corrected chi connectivity index (χ1v) is 4.78. The average molecular weight is 224 g/mol. The molecule has 1 aromatic carbocycles. The number of hydrogen-bond acceptors (Lipinski definition) is 3. The van der Waals surface area contributed by atoms with Crippen molar-refractivity contribution in [1.82, 2.24) is 0 Å². The number of benzene rings is 1. The summed E-state index contributed by atoms with van der Waals surface area (Å²) in [5, 5.41) is 8.76.